The first-order chi connectivity index (χ1) is 8.16. The molecule has 1 atom stereocenters. The summed E-state index contributed by atoms with van der Waals surface area (Å²) in [6.45, 7) is 7.77. The molecule has 0 aliphatic carbocycles. The molecule has 1 saturated heterocycles. The van der Waals surface area contributed by atoms with Crippen LogP contribution in [-0.4, -0.2) is 43.4 Å². The second-order valence-corrected chi connectivity index (χ2v) is 5.98. The van der Waals surface area contributed by atoms with Gasteiger partial charge in [-0.3, -0.25) is 0 Å². The maximum absolute atomic E-state index is 3.47. The quantitative estimate of drug-likeness (QED) is 0.829. The smallest absolute Gasteiger partial charge is 0.0312 e. The first kappa shape index (κ1) is 12.9. The van der Waals surface area contributed by atoms with E-state index in [-0.39, 0.29) is 0 Å². The Labute approximate surface area is 109 Å². The monoisotopic (exact) mass is 250 g/mol. The van der Waals surface area contributed by atoms with Crippen LogP contribution in [0.15, 0.2) is 23.1 Å². The Kier molecular flexibility index (Phi) is 4.48. The molecule has 0 spiro atoms. The van der Waals surface area contributed by atoms with Crippen molar-refractivity contribution in [3.63, 3.8) is 0 Å². The van der Waals surface area contributed by atoms with Crippen molar-refractivity contribution < 1.29 is 0 Å². The molecule has 0 radical (unpaired) electrons. The molecule has 0 aromatic heterocycles. The predicted molar refractivity (Wildman–Crippen MR) is 75.9 cm³/mol. The molecule has 2 nitrogen and oxygen atoms in total. The van der Waals surface area contributed by atoms with Gasteiger partial charge in [0.05, 0.1) is 0 Å². The Balaban J connectivity index is 1.92. The molecule has 17 heavy (non-hydrogen) atoms. The summed E-state index contributed by atoms with van der Waals surface area (Å²) in [5, 5.41) is 3.47. The third-order valence-corrected chi connectivity index (χ3v) is 4.73. The number of likely N-dealkylation sites (N-methyl/N-ethyl adjacent to an activating group) is 1. The van der Waals surface area contributed by atoms with Gasteiger partial charge in [0.25, 0.3) is 0 Å². The van der Waals surface area contributed by atoms with Gasteiger partial charge in [-0.05, 0) is 32.5 Å². The Morgan fingerprint density at radius 2 is 2.24 bits per heavy atom. The van der Waals surface area contributed by atoms with Crippen LogP contribution in [0.1, 0.15) is 11.1 Å². The molecule has 1 aromatic carbocycles. The van der Waals surface area contributed by atoms with Gasteiger partial charge in [0, 0.05) is 36.3 Å². The molecule has 1 aromatic rings. The summed E-state index contributed by atoms with van der Waals surface area (Å²) < 4.78 is 0. The van der Waals surface area contributed by atoms with Gasteiger partial charge in [-0.15, -0.1) is 11.8 Å². The van der Waals surface area contributed by atoms with Crippen molar-refractivity contribution in [3.05, 3.63) is 29.3 Å². The second kappa shape index (κ2) is 5.89. The van der Waals surface area contributed by atoms with Crippen LogP contribution in [0.25, 0.3) is 0 Å². The number of aryl methyl sites for hydroxylation is 2. The fourth-order valence-corrected chi connectivity index (χ4v) is 3.39. The summed E-state index contributed by atoms with van der Waals surface area (Å²) in [5.41, 5.74) is 2.75. The summed E-state index contributed by atoms with van der Waals surface area (Å²) in [6.07, 6.45) is 0. The van der Waals surface area contributed by atoms with E-state index >= 15 is 0 Å². The average molecular weight is 250 g/mol. The molecule has 94 valence electrons. The molecule has 1 heterocycles. The summed E-state index contributed by atoms with van der Waals surface area (Å²) in [7, 11) is 2.23. The van der Waals surface area contributed by atoms with E-state index < -0.39 is 0 Å². The van der Waals surface area contributed by atoms with Gasteiger partial charge in [-0.2, -0.15) is 0 Å². The number of hydrogen-bond acceptors (Lipinski definition) is 3. The minimum absolute atomic E-state index is 0.662. The van der Waals surface area contributed by atoms with Crippen molar-refractivity contribution in [1.29, 1.82) is 0 Å². The van der Waals surface area contributed by atoms with E-state index in [1.165, 1.54) is 21.8 Å². The Morgan fingerprint density at radius 3 is 2.94 bits per heavy atom. The Bertz CT molecular complexity index is 378. The highest BCUT2D eigenvalue weighted by Crippen LogP contribution is 2.24. The number of benzene rings is 1. The molecule has 1 unspecified atom stereocenters. The molecular formula is C14H22N2S. The van der Waals surface area contributed by atoms with Crippen LogP contribution < -0.4 is 5.32 Å². The van der Waals surface area contributed by atoms with E-state index in [4.69, 9.17) is 0 Å². The predicted octanol–water partition coefficient (Wildman–Crippen LogP) is 2.30. The van der Waals surface area contributed by atoms with Crippen LogP contribution in [0.5, 0.6) is 0 Å². The van der Waals surface area contributed by atoms with E-state index in [0.29, 0.717) is 6.04 Å². The largest absolute Gasteiger partial charge is 0.314 e. The molecule has 1 N–H and O–H groups in total. The topological polar surface area (TPSA) is 15.3 Å². The van der Waals surface area contributed by atoms with Crippen molar-refractivity contribution in [2.75, 3.05) is 32.4 Å². The van der Waals surface area contributed by atoms with E-state index in [2.05, 4.69) is 49.3 Å². The highest BCUT2D eigenvalue weighted by atomic mass is 32.2. The van der Waals surface area contributed by atoms with Crippen molar-refractivity contribution in [1.82, 2.24) is 10.2 Å². The zero-order valence-corrected chi connectivity index (χ0v) is 11.8. The molecule has 0 saturated carbocycles. The zero-order chi connectivity index (χ0) is 12.3. The average Bonchev–Trinajstić information content (AvgIpc) is 2.30. The standard InChI is InChI=1S/C14H22N2S/c1-11-4-5-14(12(2)8-11)17-10-13-9-15-6-7-16(13)3/h4-5,8,13,15H,6-7,9-10H2,1-3H3. The van der Waals surface area contributed by atoms with Crippen molar-refractivity contribution in [2.24, 2.45) is 0 Å². The number of hydrogen-bond donors (Lipinski definition) is 1. The molecule has 1 aliphatic heterocycles. The van der Waals surface area contributed by atoms with Gasteiger partial charge < -0.3 is 10.2 Å². The summed E-state index contributed by atoms with van der Waals surface area (Å²) in [5.74, 6) is 1.17. The van der Waals surface area contributed by atoms with Crippen LogP contribution in [-0.2, 0) is 0 Å². The normalized spacial score (nSPS) is 21.7. The molecule has 1 fully saturated rings. The SMILES string of the molecule is Cc1ccc(SCC2CNCCN2C)c(C)c1. The van der Waals surface area contributed by atoms with Crippen molar-refractivity contribution in [2.45, 2.75) is 24.8 Å². The lowest BCUT2D eigenvalue weighted by molar-refractivity contribution is 0.218. The highest BCUT2D eigenvalue weighted by molar-refractivity contribution is 7.99. The molecule has 0 amide bonds. The summed E-state index contributed by atoms with van der Waals surface area (Å²) in [6, 6.07) is 7.39. The van der Waals surface area contributed by atoms with Crippen molar-refractivity contribution >= 4 is 11.8 Å². The number of rotatable bonds is 3. The molecule has 1 aliphatic rings. The summed E-state index contributed by atoms with van der Waals surface area (Å²) >= 11 is 1.98. The number of piperazine rings is 1. The van der Waals surface area contributed by atoms with Crippen LogP contribution in [0, 0.1) is 13.8 Å². The van der Waals surface area contributed by atoms with Crippen LogP contribution in [0.4, 0.5) is 0 Å². The molecule has 3 heteroatoms. The molecule has 2 rings (SSSR count). The minimum Gasteiger partial charge on any atom is -0.314 e. The van der Waals surface area contributed by atoms with E-state index in [1.54, 1.807) is 0 Å². The van der Waals surface area contributed by atoms with Gasteiger partial charge in [-0.1, -0.05) is 17.7 Å². The minimum atomic E-state index is 0.662. The van der Waals surface area contributed by atoms with Crippen LogP contribution >= 0.6 is 11.8 Å². The van der Waals surface area contributed by atoms with Crippen LogP contribution in [0.2, 0.25) is 0 Å². The lowest BCUT2D eigenvalue weighted by Gasteiger charge is -2.32. The van der Waals surface area contributed by atoms with Gasteiger partial charge in [0.1, 0.15) is 0 Å². The second-order valence-electron chi connectivity index (χ2n) is 4.92. The maximum atomic E-state index is 3.47. The van der Waals surface area contributed by atoms with Gasteiger partial charge in [0.15, 0.2) is 0 Å². The van der Waals surface area contributed by atoms with Crippen LogP contribution in [0.3, 0.4) is 0 Å². The summed E-state index contributed by atoms with van der Waals surface area (Å²) in [4.78, 5) is 3.89. The first-order valence-electron chi connectivity index (χ1n) is 6.28. The zero-order valence-electron chi connectivity index (χ0n) is 11.0. The molecular weight excluding hydrogens is 228 g/mol. The lowest BCUT2D eigenvalue weighted by Crippen LogP contribution is -2.50. The molecule has 0 bridgehead atoms. The van der Waals surface area contributed by atoms with E-state index in [9.17, 15) is 0 Å². The first-order valence-corrected chi connectivity index (χ1v) is 7.26. The Morgan fingerprint density at radius 1 is 1.41 bits per heavy atom. The van der Waals surface area contributed by atoms with Gasteiger partial charge >= 0.3 is 0 Å². The number of nitrogens with zero attached hydrogens (tertiary/aromatic N) is 1. The van der Waals surface area contributed by atoms with Crippen molar-refractivity contribution in [3.8, 4) is 0 Å². The van der Waals surface area contributed by atoms with Gasteiger partial charge in [0.2, 0.25) is 0 Å². The lowest BCUT2D eigenvalue weighted by atomic mass is 10.2. The fraction of sp³-hybridized carbons (Fsp3) is 0.571. The fourth-order valence-electron chi connectivity index (χ4n) is 2.20. The third-order valence-electron chi connectivity index (χ3n) is 3.41. The number of nitrogens with one attached hydrogen (secondary N) is 1. The highest BCUT2D eigenvalue weighted by Gasteiger charge is 2.18. The number of thioether (sulfide) groups is 1. The maximum Gasteiger partial charge on any atom is 0.0312 e. The van der Waals surface area contributed by atoms with E-state index in [0.717, 1.165) is 19.6 Å². The van der Waals surface area contributed by atoms with Gasteiger partial charge in [-0.25, -0.2) is 0 Å². The Hall–Kier alpha value is -0.510. The van der Waals surface area contributed by atoms with E-state index in [1.807, 2.05) is 11.8 Å². The third kappa shape index (κ3) is 3.47.